The molecule has 0 bridgehead atoms. The molecule has 2 aromatic heterocycles. The average molecular weight is 525 g/mol. The minimum absolute atomic E-state index is 0.647. The summed E-state index contributed by atoms with van der Waals surface area (Å²) in [5.41, 5.74) is 11.2. The molecule has 4 heteroatoms. The molecule has 0 atom stereocenters. The quantitative estimate of drug-likeness (QED) is 0.231. The van der Waals surface area contributed by atoms with Crippen molar-refractivity contribution in [2.24, 2.45) is 0 Å². The molecule has 0 aliphatic heterocycles. The predicted molar refractivity (Wildman–Crippen MR) is 165 cm³/mol. The van der Waals surface area contributed by atoms with Gasteiger partial charge in [0.2, 0.25) is 0 Å². The Labute approximate surface area is 238 Å². The molecule has 0 saturated heterocycles. The van der Waals surface area contributed by atoms with Crippen LogP contribution in [0.1, 0.15) is 11.1 Å². The molecule has 41 heavy (non-hydrogen) atoms. The first-order valence-electron chi connectivity index (χ1n) is 13.8. The largest absolute Gasteiger partial charge is 0.247 e. The number of hydrogen-bond donors (Lipinski definition) is 0. The van der Waals surface area contributed by atoms with E-state index in [1.807, 2.05) is 60.7 Å². The molecule has 8 rings (SSSR count). The van der Waals surface area contributed by atoms with Crippen molar-refractivity contribution in [1.82, 2.24) is 19.9 Å². The van der Waals surface area contributed by atoms with Crippen molar-refractivity contribution >= 4 is 10.9 Å². The minimum Gasteiger partial charge on any atom is -0.247 e. The summed E-state index contributed by atoms with van der Waals surface area (Å²) >= 11 is 0. The molecule has 0 spiro atoms. The van der Waals surface area contributed by atoms with Crippen LogP contribution < -0.4 is 0 Å². The Morgan fingerprint density at radius 2 is 0.927 bits per heavy atom. The van der Waals surface area contributed by atoms with Crippen LogP contribution in [-0.2, 0) is 6.42 Å². The molecule has 192 valence electrons. The smallest absolute Gasteiger partial charge is 0.164 e. The Kier molecular flexibility index (Phi) is 5.49. The summed E-state index contributed by atoms with van der Waals surface area (Å²) in [6.45, 7) is 0. The van der Waals surface area contributed by atoms with Crippen molar-refractivity contribution in [1.29, 1.82) is 0 Å². The van der Waals surface area contributed by atoms with Crippen LogP contribution in [0.5, 0.6) is 0 Å². The molecule has 0 saturated carbocycles. The highest BCUT2D eigenvalue weighted by molar-refractivity contribution is 6.02. The number of hydrogen-bond acceptors (Lipinski definition) is 4. The molecule has 0 amide bonds. The summed E-state index contributed by atoms with van der Waals surface area (Å²) in [4.78, 5) is 19.8. The van der Waals surface area contributed by atoms with E-state index in [9.17, 15) is 0 Å². The maximum Gasteiger partial charge on any atom is 0.164 e. The van der Waals surface area contributed by atoms with Crippen molar-refractivity contribution in [3.05, 3.63) is 145 Å². The maximum atomic E-state index is 5.17. The van der Waals surface area contributed by atoms with Gasteiger partial charge in [-0.05, 0) is 28.3 Å². The van der Waals surface area contributed by atoms with Crippen LogP contribution in [0.25, 0.3) is 67.5 Å². The number of fused-ring (bicyclic) bond motifs is 5. The number of para-hydroxylation sites is 1. The Balaban J connectivity index is 1.25. The molecular weight excluding hydrogens is 500 g/mol. The molecule has 2 heterocycles. The zero-order valence-corrected chi connectivity index (χ0v) is 22.2. The van der Waals surface area contributed by atoms with Gasteiger partial charge in [-0.2, -0.15) is 0 Å². The lowest BCUT2D eigenvalue weighted by Gasteiger charge is -2.13. The van der Waals surface area contributed by atoms with Gasteiger partial charge in [0, 0.05) is 34.1 Å². The minimum atomic E-state index is 0.647. The maximum absolute atomic E-state index is 5.17. The fraction of sp³-hybridized carbons (Fsp3) is 0.0270. The summed E-state index contributed by atoms with van der Waals surface area (Å²) < 4.78 is 0. The fourth-order valence-electron chi connectivity index (χ4n) is 5.79. The first-order valence-corrected chi connectivity index (χ1v) is 13.8. The third-order valence-corrected chi connectivity index (χ3v) is 7.76. The van der Waals surface area contributed by atoms with Gasteiger partial charge < -0.3 is 0 Å². The van der Waals surface area contributed by atoms with Crippen molar-refractivity contribution < 1.29 is 0 Å². The van der Waals surface area contributed by atoms with E-state index >= 15 is 0 Å². The third-order valence-electron chi connectivity index (χ3n) is 7.76. The second kappa shape index (κ2) is 9.61. The molecule has 7 aromatic rings. The van der Waals surface area contributed by atoms with E-state index in [4.69, 9.17) is 19.9 Å². The Bertz CT molecular complexity index is 1990. The lowest BCUT2D eigenvalue weighted by atomic mass is 9.96. The van der Waals surface area contributed by atoms with Crippen molar-refractivity contribution in [3.63, 3.8) is 0 Å². The van der Waals surface area contributed by atoms with E-state index in [-0.39, 0.29) is 0 Å². The van der Waals surface area contributed by atoms with Crippen LogP contribution in [0.2, 0.25) is 0 Å². The van der Waals surface area contributed by atoms with Crippen LogP contribution in [0, 0.1) is 0 Å². The van der Waals surface area contributed by atoms with Gasteiger partial charge in [-0.1, -0.05) is 127 Å². The zero-order valence-electron chi connectivity index (χ0n) is 22.2. The molecule has 0 radical (unpaired) electrons. The van der Waals surface area contributed by atoms with E-state index in [1.165, 1.54) is 27.6 Å². The predicted octanol–water partition coefficient (Wildman–Crippen LogP) is 8.66. The van der Waals surface area contributed by atoms with Crippen LogP contribution in [0.3, 0.4) is 0 Å². The summed E-state index contributed by atoms with van der Waals surface area (Å²) in [6, 6.07) is 45.8. The molecule has 0 fully saturated rings. The highest BCUT2D eigenvalue weighted by Gasteiger charge is 2.25. The fourth-order valence-corrected chi connectivity index (χ4v) is 5.79. The van der Waals surface area contributed by atoms with E-state index in [1.54, 1.807) is 0 Å². The van der Waals surface area contributed by atoms with Gasteiger partial charge in [-0.15, -0.1) is 0 Å². The van der Waals surface area contributed by atoms with Crippen LogP contribution >= 0.6 is 0 Å². The van der Waals surface area contributed by atoms with Gasteiger partial charge in [0.05, 0.1) is 11.2 Å². The van der Waals surface area contributed by atoms with Gasteiger partial charge in [0.1, 0.15) is 0 Å². The molecule has 0 unspecified atom stereocenters. The van der Waals surface area contributed by atoms with Crippen molar-refractivity contribution in [2.45, 2.75) is 6.42 Å². The molecule has 5 aromatic carbocycles. The van der Waals surface area contributed by atoms with Crippen LogP contribution in [0.15, 0.2) is 133 Å². The summed E-state index contributed by atoms with van der Waals surface area (Å²) in [7, 11) is 0. The van der Waals surface area contributed by atoms with Gasteiger partial charge in [-0.3, -0.25) is 0 Å². The average Bonchev–Trinajstić information content (AvgIpc) is 3.45. The summed E-state index contributed by atoms with van der Waals surface area (Å²) in [5.74, 6) is 1.96. The first-order chi connectivity index (χ1) is 20.3. The Hall–Kier alpha value is -5.48. The highest BCUT2D eigenvalue weighted by atomic mass is 15.0. The zero-order chi connectivity index (χ0) is 27.2. The second-order valence-corrected chi connectivity index (χ2v) is 10.3. The summed E-state index contributed by atoms with van der Waals surface area (Å²) in [6.07, 6.45) is 0.884. The molecule has 1 aliphatic rings. The summed E-state index contributed by atoms with van der Waals surface area (Å²) in [5, 5.41) is 1.21. The topological polar surface area (TPSA) is 51.6 Å². The van der Waals surface area contributed by atoms with Gasteiger partial charge >= 0.3 is 0 Å². The van der Waals surface area contributed by atoms with Gasteiger partial charge in [0.15, 0.2) is 17.5 Å². The van der Waals surface area contributed by atoms with E-state index in [0.29, 0.717) is 17.5 Å². The van der Waals surface area contributed by atoms with E-state index in [2.05, 4.69) is 72.8 Å². The highest BCUT2D eigenvalue weighted by Crippen LogP contribution is 2.44. The number of aromatic nitrogens is 4. The number of nitrogens with zero attached hydrogens (tertiary/aromatic N) is 4. The van der Waals surface area contributed by atoms with Crippen LogP contribution in [0.4, 0.5) is 0 Å². The molecular formula is C37H24N4. The third kappa shape index (κ3) is 4.09. The van der Waals surface area contributed by atoms with E-state index < -0.39 is 0 Å². The first kappa shape index (κ1) is 23.4. The van der Waals surface area contributed by atoms with E-state index in [0.717, 1.165) is 39.9 Å². The SMILES string of the molecule is c1ccc(-c2nc(-c3ccccc3)nc(-c3ccc(-c4nc5ccccc5c5c4Cc4ccccc4-5)cc3)n2)cc1. The molecule has 4 nitrogen and oxygen atoms in total. The lowest BCUT2D eigenvalue weighted by molar-refractivity contribution is 1.07. The molecule has 1 aliphatic carbocycles. The van der Waals surface area contributed by atoms with Crippen LogP contribution in [-0.4, -0.2) is 19.9 Å². The Morgan fingerprint density at radius 3 is 1.59 bits per heavy atom. The van der Waals surface area contributed by atoms with Crippen molar-refractivity contribution in [2.75, 3.05) is 0 Å². The van der Waals surface area contributed by atoms with Gasteiger partial charge in [-0.25, -0.2) is 19.9 Å². The standard InChI is InChI=1S/C37H24N4/c1-3-11-25(12-4-1)35-39-36(26-13-5-2-6-14-26)41-37(40-35)27-21-19-24(20-22-27)34-31-23-28-15-7-8-16-29(28)33(31)30-17-9-10-18-32(30)38-34/h1-22H,23H2. The normalized spacial score (nSPS) is 11.8. The monoisotopic (exact) mass is 524 g/mol. The number of rotatable bonds is 4. The number of pyridine rings is 1. The lowest BCUT2D eigenvalue weighted by Crippen LogP contribution is -2.00. The Morgan fingerprint density at radius 1 is 0.415 bits per heavy atom. The van der Waals surface area contributed by atoms with Crippen molar-refractivity contribution in [3.8, 4) is 56.5 Å². The van der Waals surface area contributed by atoms with Gasteiger partial charge in [0.25, 0.3) is 0 Å². The molecule has 0 N–H and O–H groups in total. The number of benzene rings is 5. The second-order valence-electron chi connectivity index (χ2n) is 10.3.